The number of nitrogens with one attached hydrogen (secondary N) is 2. The number of terminal acetylenes is 1. The van der Waals surface area contributed by atoms with Gasteiger partial charge in [-0.3, -0.25) is 14.5 Å². The number of amides is 1. The predicted octanol–water partition coefficient (Wildman–Crippen LogP) is 4.53. The first-order valence-corrected chi connectivity index (χ1v) is 11.4. The third kappa shape index (κ3) is 4.68. The smallest absolute Gasteiger partial charge is 0.264 e. The van der Waals surface area contributed by atoms with Crippen LogP contribution in [0.5, 0.6) is 0 Å². The van der Waals surface area contributed by atoms with E-state index < -0.39 is 27.8 Å². The van der Waals surface area contributed by atoms with E-state index in [1.807, 2.05) is 0 Å². The minimum atomic E-state index is -4.15. The Morgan fingerprint density at radius 1 is 1.03 bits per heavy atom. The van der Waals surface area contributed by atoms with Gasteiger partial charge in [-0.15, -0.1) is 6.42 Å². The Labute approximate surface area is 192 Å². The zero-order valence-corrected chi connectivity index (χ0v) is 18.0. The summed E-state index contributed by atoms with van der Waals surface area (Å²) in [6, 6.07) is 19.4. The molecule has 1 unspecified atom stereocenters. The minimum absolute atomic E-state index is 0. The summed E-state index contributed by atoms with van der Waals surface area (Å²) >= 11 is 0. The van der Waals surface area contributed by atoms with Gasteiger partial charge in [0.15, 0.2) is 0 Å². The molecule has 0 fully saturated rings. The number of benzene rings is 3. The molecule has 3 aromatic carbocycles. The molecule has 0 saturated heterocycles. The summed E-state index contributed by atoms with van der Waals surface area (Å²) in [5.74, 6) is 1.05. The first-order chi connectivity index (χ1) is 15.9. The molecular weight excluding hydrogens is 441 g/mol. The molecule has 0 aliphatic heterocycles. The van der Waals surface area contributed by atoms with Crippen molar-refractivity contribution in [2.24, 2.45) is 0 Å². The number of hydrogen-bond acceptors (Lipinski definition) is 4. The van der Waals surface area contributed by atoms with Gasteiger partial charge in [0.05, 0.1) is 16.8 Å². The van der Waals surface area contributed by atoms with Gasteiger partial charge in [-0.25, -0.2) is 12.8 Å². The average molecular weight is 462 g/mol. The lowest BCUT2D eigenvalue weighted by atomic mass is 10.1. The van der Waals surface area contributed by atoms with Crippen molar-refractivity contribution in [2.45, 2.75) is 10.9 Å². The van der Waals surface area contributed by atoms with E-state index in [0.717, 1.165) is 12.1 Å². The van der Waals surface area contributed by atoms with Crippen LogP contribution in [0.4, 0.5) is 10.1 Å². The van der Waals surface area contributed by atoms with Crippen molar-refractivity contribution in [1.82, 2.24) is 10.3 Å². The van der Waals surface area contributed by atoms with Crippen LogP contribution in [-0.2, 0) is 10.0 Å². The normalized spacial score (nSPS) is 12.0. The van der Waals surface area contributed by atoms with Crippen LogP contribution >= 0.6 is 0 Å². The number of pyridine rings is 1. The number of aromatic nitrogens is 1. The molecule has 0 spiro atoms. The second-order valence-electron chi connectivity index (χ2n) is 7.11. The molecule has 33 heavy (non-hydrogen) atoms. The second kappa shape index (κ2) is 9.10. The van der Waals surface area contributed by atoms with Crippen LogP contribution in [0.25, 0.3) is 10.9 Å². The van der Waals surface area contributed by atoms with Crippen LogP contribution in [0.3, 0.4) is 0 Å². The van der Waals surface area contributed by atoms with Crippen molar-refractivity contribution in [2.75, 3.05) is 4.72 Å². The molecule has 1 aromatic heterocycles. The van der Waals surface area contributed by atoms with Crippen molar-refractivity contribution in [3.8, 4) is 12.3 Å². The molecule has 2 N–H and O–H groups in total. The number of fused-ring (bicyclic) bond motifs is 1. The van der Waals surface area contributed by atoms with Crippen molar-refractivity contribution in [1.29, 1.82) is 0 Å². The molecule has 4 aromatic rings. The quantitative estimate of drug-likeness (QED) is 0.413. The van der Waals surface area contributed by atoms with Crippen LogP contribution in [0.2, 0.25) is 0 Å². The van der Waals surface area contributed by atoms with Crippen LogP contribution in [-0.4, -0.2) is 19.3 Å². The van der Waals surface area contributed by atoms with Gasteiger partial charge >= 0.3 is 0 Å². The Hall–Kier alpha value is -4.22. The Bertz CT molecular complexity index is 1480. The van der Waals surface area contributed by atoms with Gasteiger partial charge in [0.2, 0.25) is 0 Å². The SMILES string of the molecule is C#CC(NC(=O)c1cc(F)ccc1NS(=O)(=O)c1cccc2cccnc12)c1ccccc1.[HH]. The molecule has 0 aliphatic rings. The maximum atomic E-state index is 14.0. The number of sulfonamides is 1. The monoisotopic (exact) mass is 461 g/mol. The Morgan fingerprint density at radius 2 is 1.79 bits per heavy atom. The fourth-order valence-electron chi connectivity index (χ4n) is 3.36. The molecule has 0 radical (unpaired) electrons. The topological polar surface area (TPSA) is 88.2 Å². The third-order valence-corrected chi connectivity index (χ3v) is 6.33. The van der Waals surface area contributed by atoms with E-state index in [4.69, 9.17) is 6.42 Å². The largest absolute Gasteiger partial charge is 0.334 e. The van der Waals surface area contributed by atoms with E-state index in [1.54, 1.807) is 54.6 Å². The van der Waals surface area contributed by atoms with Gasteiger partial charge in [-0.05, 0) is 35.9 Å². The van der Waals surface area contributed by atoms with Crippen molar-refractivity contribution in [3.63, 3.8) is 0 Å². The van der Waals surface area contributed by atoms with Gasteiger partial charge < -0.3 is 5.32 Å². The van der Waals surface area contributed by atoms with Crippen molar-refractivity contribution >= 4 is 32.5 Å². The number of hydrogen-bond donors (Lipinski definition) is 2. The lowest BCUT2D eigenvalue weighted by Crippen LogP contribution is -2.29. The third-order valence-electron chi connectivity index (χ3n) is 4.93. The Balaban J connectivity index is 0.00000324. The average Bonchev–Trinajstić information content (AvgIpc) is 2.83. The highest BCUT2D eigenvalue weighted by Gasteiger charge is 2.23. The van der Waals surface area contributed by atoms with Gasteiger partial charge in [-0.1, -0.05) is 54.5 Å². The highest BCUT2D eigenvalue weighted by molar-refractivity contribution is 7.93. The summed E-state index contributed by atoms with van der Waals surface area (Å²) in [4.78, 5) is 17.1. The van der Waals surface area contributed by atoms with E-state index in [1.165, 1.54) is 18.3 Å². The predicted molar refractivity (Wildman–Crippen MR) is 127 cm³/mol. The number of rotatable bonds is 6. The Kier molecular flexibility index (Phi) is 6.07. The van der Waals surface area contributed by atoms with Gasteiger partial charge in [0.25, 0.3) is 15.9 Å². The highest BCUT2D eigenvalue weighted by Crippen LogP contribution is 2.26. The van der Waals surface area contributed by atoms with E-state index >= 15 is 0 Å². The van der Waals surface area contributed by atoms with E-state index in [9.17, 15) is 17.6 Å². The lowest BCUT2D eigenvalue weighted by Gasteiger charge is -2.17. The van der Waals surface area contributed by atoms with Crippen LogP contribution in [0.1, 0.15) is 23.4 Å². The van der Waals surface area contributed by atoms with Gasteiger partial charge in [-0.2, -0.15) is 0 Å². The summed E-state index contributed by atoms with van der Waals surface area (Å²) < 4.78 is 42.7. The number of anilines is 1. The maximum absolute atomic E-state index is 14.0. The van der Waals surface area contributed by atoms with Gasteiger partial charge in [0, 0.05) is 13.0 Å². The lowest BCUT2D eigenvalue weighted by molar-refractivity contribution is 0.0946. The number of halogens is 1. The number of para-hydroxylation sites is 1. The first-order valence-electron chi connectivity index (χ1n) is 9.87. The molecule has 1 heterocycles. The zero-order chi connectivity index (χ0) is 23.4. The van der Waals surface area contributed by atoms with Crippen LogP contribution in [0, 0.1) is 18.2 Å². The molecule has 1 atom stereocenters. The van der Waals surface area contributed by atoms with Crippen molar-refractivity contribution < 1.29 is 19.0 Å². The zero-order valence-electron chi connectivity index (χ0n) is 17.2. The molecular formula is C25H20FN3O3S. The molecule has 6 nitrogen and oxygen atoms in total. The van der Waals surface area contributed by atoms with E-state index in [0.29, 0.717) is 10.9 Å². The first kappa shape index (κ1) is 22.0. The fourth-order valence-corrected chi connectivity index (χ4v) is 4.62. The minimum Gasteiger partial charge on any atom is -0.334 e. The van der Waals surface area contributed by atoms with E-state index in [-0.39, 0.29) is 23.1 Å². The summed E-state index contributed by atoms with van der Waals surface area (Å²) in [6.45, 7) is 0. The summed E-state index contributed by atoms with van der Waals surface area (Å²) in [7, 11) is -4.15. The second-order valence-corrected chi connectivity index (χ2v) is 8.76. The summed E-state index contributed by atoms with van der Waals surface area (Å²) in [5.41, 5.74) is 0.638. The molecule has 0 aliphatic carbocycles. The molecule has 8 heteroatoms. The Morgan fingerprint density at radius 3 is 2.55 bits per heavy atom. The number of nitrogens with zero attached hydrogens (tertiary/aromatic N) is 1. The summed E-state index contributed by atoms with van der Waals surface area (Å²) in [5, 5.41) is 3.27. The number of carbonyl (C=O) groups excluding carboxylic acids is 1. The van der Waals surface area contributed by atoms with Gasteiger partial charge in [0.1, 0.15) is 16.8 Å². The standard InChI is InChI=1S/C25H18FN3O3S.H2/c1-2-21(17-8-4-3-5-9-17)28-25(30)20-16-19(26)13-14-22(20)29-33(31,32)23-12-6-10-18-11-7-15-27-24(18)23;/h1,3-16,21,29H,(H,28,30);1H. The molecule has 4 rings (SSSR count). The molecule has 0 saturated carbocycles. The van der Waals surface area contributed by atoms with Crippen LogP contribution < -0.4 is 10.0 Å². The van der Waals surface area contributed by atoms with Crippen LogP contribution in [0.15, 0.2) is 90.0 Å². The molecule has 0 bridgehead atoms. The molecule has 1 amide bonds. The van der Waals surface area contributed by atoms with E-state index in [2.05, 4.69) is 20.9 Å². The van der Waals surface area contributed by atoms with Crippen molar-refractivity contribution in [3.05, 3.63) is 102 Å². The molecule has 166 valence electrons. The summed E-state index contributed by atoms with van der Waals surface area (Å²) in [6.07, 6.45) is 7.06. The highest BCUT2D eigenvalue weighted by atomic mass is 32.2. The maximum Gasteiger partial charge on any atom is 0.264 e. The number of carbonyl (C=O) groups is 1. The fraction of sp³-hybridized carbons (Fsp3) is 0.0400.